The van der Waals surface area contributed by atoms with Crippen molar-refractivity contribution in [2.45, 2.75) is 12.6 Å². The molecule has 1 aliphatic rings. The standard InChI is InChI=1S/C7H8F3NO2/c8-7(9,10)3-5-1-2-11(4-5)6(12)13/h1H,2-4H2,(H,12,13). The Balaban J connectivity index is 2.45. The topological polar surface area (TPSA) is 40.5 Å². The average molecular weight is 195 g/mol. The van der Waals surface area contributed by atoms with Gasteiger partial charge in [-0.05, 0) is 5.57 Å². The van der Waals surface area contributed by atoms with Crippen molar-refractivity contribution in [2.75, 3.05) is 13.1 Å². The smallest absolute Gasteiger partial charge is 0.407 e. The Hall–Kier alpha value is -1.20. The van der Waals surface area contributed by atoms with Crippen molar-refractivity contribution < 1.29 is 23.1 Å². The van der Waals surface area contributed by atoms with Gasteiger partial charge in [0.1, 0.15) is 0 Å². The summed E-state index contributed by atoms with van der Waals surface area (Å²) >= 11 is 0. The number of amides is 1. The van der Waals surface area contributed by atoms with Crippen LogP contribution < -0.4 is 0 Å². The van der Waals surface area contributed by atoms with Gasteiger partial charge in [-0.2, -0.15) is 13.2 Å². The van der Waals surface area contributed by atoms with Crippen LogP contribution in [0, 0.1) is 0 Å². The molecule has 0 aromatic heterocycles. The zero-order valence-corrected chi connectivity index (χ0v) is 6.64. The van der Waals surface area contributed by atoms with E-state index < -0.39 is 18.7 Å². The number of alkyl halides is 3. The van der Waals surface area contributed by atoms with Crippen LogP contribution in [0.2, 0.25) is 0 Å². The highest BCUT2D eigenvalue weighted by atomic mass is 19.4. The number of carbonyl (C=O) groups is 1. The van der Waals surface area contributed by atoms with E-state index in [-0.39, 0.29) is 18.7 Å². The van der Waals surface area contributed by atoms with Crippen molar-refractivity contribution in [3.8, 4) is 0 Å². The third-order valence-corrected chi connectivity index (χ3v) is 1.69. The summed E-state index contributed by atoms with van der Waals surface area (Å²) in [5, 5.41) is 8.44. The fraction of sp³-hybridized carbons (Fsp3) is 0.571. The van der Waals surface area contributed by atoms with Crippen LogP contribution in [0.4, 0.5) is 18.0 Å². The second kappa shape index (κ2) is 3.27. The zero-order chi connectivity index (χ0) is 10.1. The van der Waals surface area contributed by atoms with Gasteiger partial charge in [-0.25, -0.2) is 4.79 Å². The maximum Gasteiger partial charge on any atom is 0.407 e. The molecule has 1 heterocycles. The van der Waals surface area contributed by atoms with Crippen LogP contribution in [-0.2, 0) is 0 Å². The molecule has 1 N–H and O–H groups in total. The highest BCUT2D eigenvalue weighted by molar-refractivity contribution is 5.66. The highest BCUT2D eigenvalue weighted by Gasteiger charge is 2.31. The zero-order valence-electron chi connectivity index (χ0n) is 6.64. The molecule has 0 saturated carbocycles. The molecule has 6 heteroatoms. The Labute approximate surface area is 72.4 Å². The van der Waals surface area contributed by atoms with E-state index in [1.807, 2.05) is 0 Å². The second-order valence-corrected chi connectivity index (χ2v) is 2.82. The number of carboxylic acid groups (broad SMARTS) is 1. The Morgan fingerprint density at radius 2 is 2.23 bits per heavy atom. The summed E-state index contributed by atoms with van der Waals surface area (Å²) in [4.78, 5) is 11.3. The lowest BCUT2D eigenvalue weighted by molar-refractivity contribution is -0.127. The van der Waals surface area contributed by atoms with Crippen LogP contribution in [0.3, 0.4) is 0 Å². The molecule has 0 bridgehead atoms. The number of nitrogens with zero attached hydrogens (tertiary/aromatic N) is 1. The van der Waals surface area contributed by atoms with Crippen molar-refractivity contribution in [3.05, 3.63) is 11.6 Å². The molecule has 0 aromatic rings. The molecule has 1 amide bonds. The molecule has 0 spiro atoms. The minimum absolute atomic E-state index is 0.0563. The second-order valence-electron chi connectivity index (χ2n) is 2.82. The van der Waals surface area contributed by atoms with Gasteiger partial charge in [0.25, 0.3) is 0 Å². The molecule has 0 fully saturated rings. The summed E-state index contributed by atoms with van der Waals surface area (Å²) in [5.41, 5.74) is 0.120. The van der Waals surface area contributed by atoms with Gasteiger partial charge in [0, 0.05) is 13.1 Å². The number of hydrogen-bond acceptors (Lipinski definition) is 1. The van der Waals surface area contributed by atoms with E-state index in [2.05, 4.69) is 0 Å². The van der Waals surface area contributed by atoms with Gasteiger partial charge < -0.3 is 10.0 Å². The molecule has 13 heavy (non-hydrogen) atoms. The summed E-state index contributed by atoms with van der Waals surface area (Å²) in [7, 11) is 0. The fourth-order valence-electron chi connectivity index (χ4n) is 1.14. The minimum atomic E-state index is -4.25. The van der Waals surface area contributed by atoms with E-state index in [1.165, 1.54) is 6.08 Å². The molecule has 0 aliphatic carbocycles. The monoisotopic (exact) mass is 195 g/mol. The van der Waals surface area contributed by atoms with Gasteiger partial charge in [0.15, 0.2) is 0 Å². The van der Waals surface area contributed by atoms with Gasteiger partial charge in [0.05, 0.1) is 6.42 Å². The largest absolute Gasteiger partial charge is 0.465 e. The van der Waals surface area contributed by atoms with Crippen LogP contribution in [0.15, 0.2) is 11.6 Å². The summed E-state index contributed by atoms with van der Waals surface area (Å²) in [6, 6.07) is 0. The summed E-state index contributed by atoms with van der Waals surface area (Å²) in [5.74, 6) is 0. The van der Waals surface area contributed by atoms with Crippen molar-refractivity contribution >= 4 is 6.09 Å². The molecule has 3 nitrogen and oxygen atoms in total. The van der Waals surface area contributed by atoms with Crippen molar-refractivity contribution in [2.24, 2.45) is 0 Å². The first-order chi connectivity index (χ1) is 5.88. The Morgan fingerprint density at radius 1 is 1.62 bits per heavy atom. The Morgan fingerprint density at radius 3 is 2.62 bits per heavy atom. The third-order valence-electron chi connectivity index (χ3n) is 1.69. The van der Waals surface area contributed by atoms with E-state index in [4.69, 9.17) is 5.11 Å². The first kappa shape index (κ1) is 9.88. The van der Waals surface area contributed by atoms with Gasteiger partial charge >= 0.3 is 12.3 Å². The SMILES string of the molecule is O=C(O)N1CC=C(CC(F)(F)F)C1. The number of rotatable bonds is 1. The van der Waals surface area contributed by atoms with E-state index in [0.717, 1.165) is 4.90 Å². The van der Waals surface area contributed by atoms with Gasteiger partial charge in [-0.15, -0.1) is 0 Å². The molecule has 1 aliphatic heterocycles. The van der Waals surface area contributed by atoms with E-state index in [0.29, 0.717) is 0 Å². The average Bonchev–Trinajstić information content (AvgIpc) is 2.31. The molecule has 0 unspecified atom stereocenters. The summed E-state index contributed by atoms with van der Waals surface area (Å²) in [6.45, 7) is -0.0738. The lowest BCUT2D eigenvalue weighted by Crippen LogP contribution is -2.27. The van der Waals surface area contributed by atoms with Crippen molar-refractivity contribution in [1.29, 1.82) is 0 Å². The first-order valence-electron chi connectivity index (χ1n) is 3.61. The van der Waals surface area contributed by atoms with Crippen molar-refractivity contribution in [1.82, 2.24) is 4.90 Å². The van der Waals surface area contributed by atoms with Crippen LogP contribution in [-0.4, -0.2) is 35.4 Å². The first-order valence-corrected chi connectivity index (χ1v) is 3.61. The predicted molar refractivity (Wildman–Crippen MR) is 38.4 cm³/mol. The highest BCUT2D eigenvalue weighted by Crippen LogP contribution is 2.26. The molecule has 1 rings (SSSR count). The van der Waals surface area contributed by atoms with Crippen LogP contribution >= 0.6 is 0 Å². The summed E-state index contributed by atoms with van der Waals surface area (Å²) < 4.78 is 35.5. The minimum Gasteiger partial charge on any atom is -0.465 e. The molecular formula is C7H8F3NO2. The van der Waals surface area contributed by atoms with Gasteiger partial charge in [0.2, 0.25) is 0 Å². The maximum atomic E-state index is 11.8. The van der Waals surface area contributed by atoms with Gasteiger partial charge in [-0.1, -0.05) is 6.08 Å². The quantitative estimate of drug-likeness (QED) is 0.648. The summed E-state index contributed by atoms with van der Waals surface area (Å²) in [6.07, 6.45) is -5.15. The Bertz CT molecular complexity index is 247. The third kappa shape index (κ3) is 2.96. The fourth-order valence-corrected chi connectivity index (χ4v) is 1.14. The number of halogens is 3. The van der Waals surface area contributed by atoms with Gasteiger partial charge in [-0.3, -0.25) is 0 Å². The van der Waals surface area contributed by atoms with E-state index in [9.17, 15) is 18.0 Å². The molecule has 0 atom stereocenters. The van der Waals surface area contributed by atoms with Crippen LogP contribution in [0.1, 0.15) is 6.42 Å². The van der Waals surface area contributed by atoms with E-state index >= 15 is 0 Å². The van der Waals surface area contributed by atoms with Crippen LogP contribution in [0.5, 0.6) is 0 Å². The lowest BCUT2D eigenvalue weighted by atomic mass is 10.2. The Kier molecular flexibility index (Phi) is 2.49. The predicted octanol–water partition coefficient (Wildman–Crippen LogP) is 1.86. The molecule has 74 valence electrons. The van der Waals surface area contributed by atoms with Crippen molar-refractivity contribution in [3.63, 3.8) is 0 Å². The lowest BCUT2D eigenvalue weighted by Gasteiger charge is -2.12. The normalized spacial score (nSPS) is 17.5. The number of hydrogen-bond donors (Lipinski definition) is 1. The molecule has 0 saturated heterocycles. The molecule has 0 radical (unpaired) electrons. The van der Waals surface area contributed by atoms with Crippen LogP contribution in [0.25, 0.3) is 0 Å². The molecular weight excluding hydrogens is 187 g/mol. The maximum absolute atomic E-state index is 11.8. The van der Waals surface area contributed by atoms with E-state index in [1.54, 1.807) is 0 Å². The molecule has 0 aromatic carbocycles.